The molecule has 0 aliphatic rings. The number of hydrogen-bond acceptors (Lipinski definition) is 3. The summed E-state index contributed by atoms with van der Waals surface area (Å²) in [5, 5.41) is 1.98. The third-order valence-electron chi connectivity index (χ3n) is 2.17. The van der Waals surface area contributed by atoms with E-state index in [9.17, 15) is 4.21 Å². The van der Waals surface area contributed by atoms with Crippen LogP contribution >= 0.6 is 11.3 Å². The zero-order valence-corrected chi connectivity index (χ0v) is 14.6. The average Bonchev–Trinajstić information content (AvgIpc) is 2.77. The van der Waals surface area contributed by atoms with Gasteiger partial charge in [0.15, 0.2) is 0 Å². The lowest BCUT2D eigenvalue weighted by Crippen LogP contribution is -2.35. The molecule has 5 heteroatoms. The molecule has 0 radical (unpaired) electrons. The molecule has 0 amide bonds. The number of thiophene rings is 1. The number of rotatable bonds is 3. The molecule has 0 aliphatic heterocycles. The first kappa shape index (κ1) is 17.2. The van der Waals surface area contributed by atoms with E-state index in [0.717, 1.165) is 4.88 Å². The fourth-order valence-corrected chi connectivity index (χ4v) is 2.69. The lowest BCUT2D eigenvalue weighted by molar-refractivity contribution is 0.0960. The van der Waals surface area contributed by atoms with E-state index < -0.39 is 11.0 Å². The van der Waals surface area contributed by atoms with Crippen LogP contribution in [0.15, 0.2) is 17.5 Å². The van der Waals surface area contributed by atoms with Crippen LogP contribution in [0.4, 0.5) is 0 Å². The third-order valence-corrected chi connectivity index (χ3v) is 4.67. The SMILES string of the molecule is CC(C)(C)OC#C[C@@H](N[S@@](=O)C(C)(C)C)c1cccs1. The minimum Gasteiger partial charge on any atom is -0.441 e. The van der Waals surface area contributed by atoms with Crippen LogP contribution in [0.3, 0.4) is 0 Å². The van der Waals surface area contributed by atoms with E-state index in [-0.39, 0.29) is 16.4 Å². The van der Waals surface area contributed by atoms with Gasteiger partial charge in [-0.2, -0.15) is 0 Å². The molecule has 1 aromatic heterocycles. The minimum absolute atomic E-state index is 0.280. The first-order valence-corrected chi connectivity index (χ1v) is 8.52. The van der Waals surface area contributed by atoms with Gasteiger partial charge < -0.3 is 4.74 Å². The highest BCUT2D eigenvalue weighted by Crippen LogP contribution is 2.21. The van der Waals surface area contributed by atoms with Gasteiger partial charge in [0.05, 0.1) is 15.7 Å². The summed E-state index contributed by atoms with van der Waals surface area (Å²) in [6.07, 6.45) is 2.73. The van der Waals surface area contributed by atoms with Crippen molar-refractivity contribution in [2.75, 3.05) is 0 Å². The molecule has 0 bridgehead atoms. The summed E-state index contributed by atoms with van der Waals surface area (Å²) in [6.45, 7) is 11.6. The first-order chi connectivity index (χ1) is 9.09. The van der Waals surface area contributed by atoms with Crippen LogP contribution in [0, 0.1) is 12.0 Å². The predicted octanol–water partition coefficient (Wildman–Crippen LogP) is 3.62. The molecule has 1 rings (SSSR count). The summed E-state index contributed by atoms with van der Waals surface area (Å²) in [5.74, 6) is 3.02. The Balaban J connectivity index is 2.85. The average molecular weight is 313 g/mol. The highest BCUT2D eigenvalue weighted by molar-refractivity contribution is 7.84. The molecular weight excluding hydrogens is 290 g/mol. The molecule has 3 nitrogen and oxygen atoms in total. The molecule has 1 N–H and O–H groups in total. The van der Waals surface area contributed by atoms with E-state index in [1.165, 1.54) is 0 Å². The lowest BCUT2D eigenvalue weighted by atomic mass is 10.2. The van der Waals surface area contributed by atoms with Crippen LogP contribution in [0.1, 0.15) is 52.5 Å². The fourth-order valence-electron chi connectivity index (χ4n) is 1.14. The molecular formula is C15H23NO2S2. The topological polar surface area (TPSA) is 38.3 Å². The third kappa shape index (κ3) is 6.08. The standard InChI is InChI=1S/C15H23NO2S2/c1-14(2,3)18-10-9-12(13-8-7-11-19-13)16-20(17)15(4,5)6/h7-8,11-12,16H,1-6H3/t12-,20+/m1/s1. The van der Waals surface area contributed by atoms with Crippen LogP contribution in [0.25, 0.3) is 0 Å². The van der Waals surface area contributed by atoms with E-state index in [1.54, 1.807) is 11.3 Å². The second-order valence-electron chi connectivity index (χ2n) is 6.41. The molecule has 0 saturated heterocycles. The van der Waals surface area contributed by atoms with Gasteiger partial charge in [0.25, 0.3) is 0 Å². The predicted molar refractivity (Wildman–Crippen MR) is 86.7 cm³/mol. The van der Waals surface area contributed by atoms with Gasteiger partial charge in [-0.05, 0) is 58.9 Å². The lowest BCUT2D eigenvalue weighted by Gasteiger charge is -2.21. The quantitative estimate of drug-likeness (QED) is 0.866. The number of hydrogen-bond donors (Lipinski definition) is 1. The molecule has 20 heavy (non-hydrogen) atoms. The van der Waals surface area contributed by atoms with Gasteiger partial charge in [0, 0.05) is 4.88 Å². The Hall–Kier alpha value is -0.830. The van der Waals surface area contributed by atoms with Gasteiger partial charge >= 0.3 is 0 Å². The summed E-state index contributed by atoms with van der Waals surface area (Å²) in [4.78, 5) is 1.03. The van der Waals surface area contributed by atoms with E-state index >= 15 is 0 Å². The van der Waals surface area contributed by atoms with E-state index in [4.69, 9.17) is 4.74 Å². The normalized spacial score (nSPS) is 15.1. The highest BCUT2D eigenvalue weighted by atomic mass is 32.2. The zero-order chi connectivity index (χ0) is 15.4. The maximum Gasteiger partial charge on any atom is 0.118 e. The highest BCUT2D eigenvalue weighted by Gasteiger charge is 2.23. The second-order valence-corrected chi connectivity index (χ2v) is 9.39. The smallest absolute Gasteiger partial charge is 0.118 e. The summed E-state index contributed by atoms with van der Waals surface area (Å²) >= 11 is 1.59. The summed E-state index contributed by atoms with van der Waals surface area (Å²) in [6, 6.07) is 3.66. The molecule has 0 aliphatic carbocycles. The van der Waals surface area contributed by atoms with Gasteiger partial charge in [0.1, 0.15) is 17.7 Å². The summed E-state index contributed by atoms with van der Waals surface area (Å²) < 4.78 is 20.4. The van der Waals surface area contributed by atoms with E-state index in [1.807, 2.05) is 59.1 Å². The molecule has 0 aromatic carbocycles. The van der Waals surface area contributed by atoms with Crippen molar-refractivity contribution < 1.29 is 8.95 Å². The van der Waals surface area contributed by atoms with Crippen molar-refractivity contribution in [2.24, 2.45) is 0 Å². The maximum atomic E-state index is 12.2. The maximum absolute atomic E-state index is 12.2. The molecule has 0 saturated carbocycles. The Morgan fingerprint density at radius 3 is 2.40 bits per heavy atom. The zero-order valence-electron chi connectivity index (χ0n) is 12.9. The van der Waals surface area contributed by atoms with Gasteiger partial charge in [-0.3, -0.25) is 0 Å². The van der Waals surface area contributed by atoms with Crippen molar-refractivity contribution in [3.63, 3.8) is 0 Å². The Morgan fingerprint density at radius 2 is 1.95 bits per heavy atom. The van der Waals surface area contributed by atoms with E-state index in [2.05, 4.69) is 16.7 Å². The van der Waals surface area contributed by atoms with Gasteiger partial charge in [0.2, 0.25) is 0 Å². The number of nitrogens with one attached hydrogen (secondary N) is 1. The van der Waals surface area contributed by atoms with Crippen molar-refractivity contribution in [2.45, 2.75) is 57.9 Å². The molecule has 0 spiro atoms. The van der Waals surface area contributed by atoms with Crippen LogP contribution in [0.2, 0.25) is 0 Å². The van der Waals surface area contributed by atoms with Crippen LogP contribution in [-0.4, -0.2) is 14.6 Å². The Bertz CT molecular complexity index is 499. The van der Waals surface area contributed by atoms with Gasteiger partial charge in [-0.25, -0.2) is 8.93 Å². The van der Waals surface area contributed by atoms with Gasteiger partial charge in [-0.1, -0.05) is 6.07 Å². The Kier molecular flexibility index (Phi) is 5.81. The van der Waals surface area contributed by atoms with Crippen molar-refractivity contribution in [3.05, 3.63) is 22.4 Å². The largest absolute Gasteiger partial charge is 0.441 e. The molecule has 2 atom stereocenters. The molecule has 0 unspecified atom stereocenters. The molecule has 112 valence electrons. The van der Waals surface area contributed by atoms with Crippen molar-refractivity contribution in [1.29, 1.82) is 0 Å². The van der Waals surface area contributed by atoms with Crippen LogP contribution in [0.5, 0.6) is 0 Å². The fraction of sp³-hybridized carbons (Fsp3) is 0.600. The van der Waals surface area contributed by atoms with E-state index in [0.29, 0.717) is 0 Å². The Morgan fingerprint density at radius 1 is 1.30 bits per heavy atom. The molecule has 0 fully saturated rings. The van der Waals surface area contributed by atoms with Crippen LogP contribution in [-0.2, 0) is 15.7 Å². The van der Waals surface area contributed by atoms with Crippen molar-refractivity contribution in [1.82, 2.24) is 4.72 Å². The summed E-state index contributed by atoms with van der Waals surface area (Å²) in [5.41, 5.74) is -0.309. The molecule has 1 aromatic rings. The summed E-state index contributed by atoms with van der Waals surface area (Å²) in [7, 11) is -1.18. The minimum atomic E-state index is -1.18. The van der Waals surface area contributed by atoms with Gasteiger partial charge in [-0.15, -0.1) is 11.3 Å². The second kappa shape index (κ2) is 6.75. The van der Waals surface area contributed by atoms with Crippen LogP contribution < -0.4 is 4.72 Å². The number of ether oxygens (including phenoxy) is 1. The molecule has 1 heterocycles. The van der Waals surface area contributed by atoms with Crippen molar-refractivity contribution in [3.8, 4) is 12.0 Å². The first-order valence-electron chi connectivity index (χ1n) is 6.49. The monoisotopic (exact) mass is 313 g/mol. The van der Waals surface area contributed by atoms with Crippen molar-refractivity contribution >= 4 is 22.3 Å². The Labute approximate surface area is 128 Å².